The third-order valence-electron chi connectivity index (χ3n) is 5.03. The van der Waals surface area contributed by atoms with E-state index in [9.17, 15) is 9.59 Å². The first-order valence-corrected chi connectivity index (χ1v) is 10.5. The molecule has 30 heavy (non-hydrogen) atoms. The molecule has 4 rings (SSSR count). The van der Waals surface area contributed by atoms with Gasteiger partial charge >= 0.3 is 0 Å². The Morgan fingerprint density at radius 2 is 1.93 bits per heavy atom. The van der Waals surface area contributed by atoms with Crippen LogP contribution in [-0.2, 0) is 22.6 Å². The first kappa shape index (κ1) is 20.0. The molecule has 0 spiro atoms. The highest BCUT2D eigenvalue weighted by Crippen LogP contribution is 2.26. The van der Waals surface area contributed by atoms with Crippen molar-refractivity contribution < 1.29 is 14.3 Å². The van der Waals surface area contributed by atoms with Crippen LogP contribution in [0.25, 0.3) is 0 Å². The molecule has 1 aromatic heterocycles. The van der Waals surface area contributed by atoms with Gasteiger partial charge in [-0.2, -0.15) is 0 Å². The number of para-hydroxylation sites is 1. The number of methoxy groups -OCH3 is 1. The molecule has 2 aromatic carbocycles. The number of likely N-dealkylation sites (tertiary alicyclic amines) is 1. The zero-order valence-corrected chi connectivity index (χ0v) is 17.4. The Morgan fingerprint density at radius 3 is 2.73 bits per heavy atom. The number of anilines is 1. The summed E-state index contributed by atoms with van der Waals surface area (Å²) in [6, 6.07) is 17.6. The van der Waals surface area contributed by atoms with Crippen LogP contribution < -0.4 is 10.1 Å². The maximum atomic E-state index is 12.7. The molecule has 1 saturated heterocycles. The Morgan fingerprint density at radius 1 is 1.17 bits per heavy atom. The number of benzene rings is 2. The minimum absolute atomic E-state index is 0.0388. The van der Waals surface area contributed by atoms with Crippen LogP contribution in [0, 0.1) is 5.92 Å². The lowest BCUT2D eigenvalue weighted by molar-refractivity contribution is -0.128. The fraction of sp³-hybridized carbons (Fsp3) is 0.273. The SMILES string of the molecule is COc1ccccc1CN1C[C@H](C(=O)Nc2nnc(Cc3ccccc3)s2)CC1=O. The summed E-state index contributed by atoms with van der Waals surface area (Å²) in [5.74, 6) is 0.0862. The number of nitrogens with one attached hydrogen (secondary N) is 1. The van der Waals surface area contributed by atoms with E-state index >= 15 is 0 Å². The Hall–Kier alpha value is -3.26. The average molecular weight is 423 g/mol. The first-order chi connectivity index (χ1) is 14.6. The van der Waals surface area contributed by atoms with Crippen molar-refractivity contribution in [3.8, 4) is 5.75 Å². The maximum absolute atomic E-state index is 12.7. The second-order valence-corrected chi connectivity index (χ2v) is 8.20. The highest BCUT2D eigenvalue weighted by molar-refractivity contribution is 7.15. The van der Waals surface area contributed by atoms with Crippen molar-refractivity contribution in [2.45, 2.75) is 19.4 Å². The highest BCUT2D eigenvalue weighted by atomic mass is 32.1. The Labute approximate surface area is 178 Å². The number of hydrogen-bond acceptors (Lipinski definition) is 6. The second kappa shape index (κ2) is 9.04. The van der Waals surface area contributed by atoms with Gasteiger partial charge in [-0.15, -0.1) is 10.2 Å². The summed E-state index contributed by atoms with van der Waals surface area (Å²) in [5, 5.41) is 12.3. The smallest absolute Gasteiger partial charge is 0.231 e. The van der Waals surface area contributed by atoms with Gasteiger partial charge in [0.15, 0.2) is 0 Å². The van der Waals surface area contributed by atoms with Crippen molar-refractivity contribution in [3.05, 3.63) is 70.7 Å². The van der Waals surface area contributed by atoms with Crippen molar-refractivity contribution in [3.63, 3.8) is 0 Å². The molecule has 0 aliphatic carbocycles. The van der Waals surface area contributed by atoms with E-state index in [1.807, 2.05) is 54.6 Å². The number of carbonyl (C=O) groups is 2. The number of carbonyl (C=O) groups excluding carboxylic acids is 2. The Balaban J connectivity index is 1.35. The zero-order valence-electron chi connectivity index (χ0n) is 16.6. The molecule has 2 amide bonds. The van der Waals surface area contributed by atoms with Gasteiger partial charge in [-0.05, 0) is 11.6 Å². The molecule has 3 aromatic rings. The minimum Gasteiger partial charge on any atom is -0.496 e. The average Bonchev–Trinajstić information content (AvgIpc) is 3.35. The maximum Gasteiger partial charge on any atom is 0.231 e. The van der Waals surface area contributed by atoms with E-state index < -0.39 is 5.92 Å². The normalized spacial score (nSPS) is 16.0. The molecule has 1 fully saturated rings. The molecule has 0 bridgehead atoms. The molecule has 1 N–H and O–H groups in total. The third kappa shape index (κ3) is 4.65. The third-order valence-corrected chi connectivity index (χ3v) is 5.87. The van der Waals surface area contributed by atoms with Crippen LogP contribution >= 0.6 is 11.3 Å². The molecule has 2 heterocycles. The quantitative estimate of drug-likeness (QED) is 0.632. The van der Waals surface area contributed by atoms with E-state index in [1.54, 1.807) is 12.0 Å². The molecular formula is C22H22N4O3S. The number of rotatable bonds is 7. The summed E-state index contributed by atoms with van der Waals surface area (Å²) < 4.78 is 5.36. The number of nitrogens with zero attached hydrogens (tertiary/aromatic N) is 3. The van der Waals surface area contributed by atoms with E-state index in [1.165, 1.54) is 11.3 Å². The monoisotopic (exact) mass is 422 g/mol. The van der Waals surface area contributed by atoms with Crippen LogP contribution in [0.3, 0.4) is 0 Å². The van der Waals surface area contributed by atoms with Gasteiger partial charge in [0, 0.05) is 31.5 Å². The number of aromatic nitrogens is 2. The van der Waals surface area contributed by atoms with Crippen LogP contribution in [0.1, 0.15) is 22.6 Å². The van der Waals surface area contributed by atoms with E-state index in [0.29, 0.717) is 24.6 Å². The van der Waals surface area contributed by atoms with Gasteiger partial charge in [0.2, 0.25) is 16.9 Å². The molecule has 7 nitrogen and oxygen atoms in total. The topological polar surface area (TPSA) is 84.4 Å². The van der Waals surface area contributed by atoms with E-state index in [4.69, 9.17) is 4.74 Å². The van der Waals surface area contributed by atoms with E-state index in [2.05, 4.69) is 15.5 Å². The Bertz CT molecular complexity index is 1040. The summed E-state index contributed by atoms with van der Waals surface area (Å²) in [6.45, 7) is 0.797. The fourth-order valence-corrected chi connectivity index (χ4v) is 4.27. The van der Waals surface area contributed by atoms with Crippen molar-refractivity contribution in [1.29, 1.82) is 0 Å². The van der Waals surface area contributed by atoms with Crippen molar-refractivity contribution in [2.75, 3.05) is 19.0 Å². The minimum atomic E-state index is -0.409. The summed E-state index contributed by atoms with van der Waals surface area (Å²) >= 11 is 1.35. The van der Waals surface area contributed by atoms with Gasteiger partial charge in [0.1, 0.15) is 10.8 Å². The molecular weight excluding hydrogens is 400 g/mol. The van der Waals surface area contributed by atoms with E-state index in [-0.39, 0.29) is 18.2 Å². The molecule has 0 unspecified atom stereocenters. The van der Waals surface area contributed by atoms with Gasteiger partial charge in [0.05, 0.1) is 13.0 Å². The van der Waals surface area contributed by atoms with Gasteiger partial charge < -0.3 is 15.0 Å². The van der Waals surface area contributed by atoms with Crippen LogP contribution in [0.15, 0.2) is 54.6 Å². The van der Waals surface area contributed by atoms with Crippen molar-refractivity contribution >= 4 is 28.3 Å². The van der Waals surface area contributed by atoms with Crippen LogP contribution in [-0.4, -0.2) is 40.6 Å². The summed E-state index contributed by atoms with van der Waals surface area (Å²) in [5.41, 5.74) is 2.06. The molecule has 154 valence electrons. The van der Waals surface area contributed by atoms with Crippen LogP contribution in [0.2, 0.25) is 0 Å². The largest absolute Gasteiger partial charge is 0.496 e. The predicted molar refractivity (Wildman–Crippen MR) is 114 cm³/mol. The lowest BCUT2D eigenvalue weighted by atomic mass is 10.1. The molecule has 8 heteroatoms. The Kier molecular flexibility index (Phi) is 6.04. The molecule has 1 aliphatic rings. The van der Waals surface area contributed by atoms with Crippen LogP contribution in [0.4, 0.5) is 5.13 Å². The summed E-state index contributed by atoms with van der Waals surface area (Å²) in [6.07, 6.45) is 0.861. The number of amides is 2. The van der Waals surface area contributed by atoms with E-state index in [0.717, 1.165) is 21.9 Å². The van der Waals surface area contributed by atoms with Crippen molar-refractivity contribution in [2.24, 2.45) is 5.92 Å². The zero-order chi connectivity index (χ0) is 20.9. The predicted octanol–water partition coefficient (Wildman–Crippen LogP) is 3.12. The van der Waals surface area contributed by atoms with Crippen LogP contribution in [0.5, 0.6) is 5.75 Å². The van der Waals surface area contributed by atoms with Crippen molar-refractivity contribution in [1.82, 2.24) is 15.1 Å². The lowest BCUT2D eigenvalue weighted by Gasteiger charge is -2.18. The molecule has 1 aliphatic heterocycles. The van der Waals surface area contributed by atoms with Gasteiger partial charge in [-0.25, -0.2) is 0 Å². The van der Waals surface area contributed by atoms with Gasteiger partial charge in [-0.1, -0.05) is 59.9 Å². The number of ether oxygens (including phenoxy) is 1. The lowest BCUT2D eigenvalue weighted by Crippen LogP contribution is -2.28. The second-order valence-electron chi connectivity index (χ2n) is 7.14. The molecule has 1 atom stereocenters. The first-order valence-electron chi connectivity index (χ1n) is 9.69. The molecule has 0 saturated carbocycles. The van der Waals surface area contributed by atoms with Gasteiger partial charge in [-0.3, -0.25) is 9.59 Å². The standard InChI is InChI=1S/C22H22N4O3S/c1-29-18-10-6-5-9-16(18)13-26-14-17(12-20(26)27)21(28)23-22-25-24-19(30-22)11-15-7-3-2-4-8-15/h2-10,17H,11-14H2,1H3,(H,23,25,28)/t17-/m1/s1. The van der Waals surface area contributed by atoms with Gasteiger partial charge in [0.25, 0.3) is 0 Å². The highest BCUT2D eigenvalue weighted by Gasteiger charge is 2.35. The fourth-order valence-electron chi connectivity index (χ4n) is 3.49. The number of hydrogen-bond donors (Lipinski definition) is 1. The summed E-state index contributed by atoms with van der Waals surface area (Å²) in [7, 11) is 1.61. The summed E-state index contributed by atoms with van der Waals surface area (Å²) in [4.78, 5) is 26.8. The molecule has 0 radical (unpaired) electrons.